The van der Waals surface area contributed by atoms with E-state index in [0.29, 0.717) is 0 Å². The molecule has 51 heavy (non-hydrogen) atoms. The zero-order chi connectivity index (χ0) is 37.0. The lowest BCUT2D eigenvalue weighted by Crippen LogP contribution is -2.74. The van der Waals surface area contributed by atoms with Gasteiger partial charge in [0.2, 0.25) is 12.1 Å². The van der Waals surface area contributed by atoms with E-state index in [-0.39, 0.29) is 51.8 Å². The Labute approximate surface area is 291 Å². The monoisotopic (exact) mass is 722 g/mol. The highest BCUT2D eigenvalue weighted by Crippen LogP contribution is 2.63. The van der Waals surface area contributed by atoms with Crippen LogP contribution in [0.15, 0.2) is 12.1 Å². The van der Waals surface area contributed by atoms with Gasteiger partial charge < -0.3 is 73.3 Å². The van der Waals surface area contributed by atoms with Crippen LogP contribution in [0.3, 0.4) is 0 Å². The summed E-state index contributed by atoms with van der Waals surface area (Å²) in [5, 5.41) is 68.4. The largest absolute Gasteiger partial charge is 0.506 e. The van der Waals surface area contributed by atoms with Gasteiger partial charge in [0.25, 0.3) is 5.79 Å². The van der Waals surface area contributed by atoms with Gasteiger partial charge in [-0.3, -0.25) is 9.59 Å². The number of rotatable bonds is 8. The highest BCUT2D eigenvalue weighted by atomic mass is 16.8. The number of ether oxygens (including phenoxy) is 9. The molecule has 6 N–H and O–H groups in total. The summed E-state index contributed by atoms with van der Waals surface area (Å²) in [7, 11) is 3.98. The number of carbonyl (C=O) groups is 2. The predicted molar refractivity (Wildman–Crippen MR) is 168 cm³/mol. The van der Waals surface area contributed by atoms with E-state index < -0.39 is 103 Å². The second-order valence-corrected chi connectivity index (χ2v) is 14.0. The molecule has 4 heterocycles. The molecule has 280 valence electrons. The van der Waals surface area contributed by atoms with Crippen LogP contribution in [0.2, 0.25) is 0 Å². The minimum atomic E-state index is -2.65. The number of aliphatic hydroxyl groups is 5. The molecule has 5 aliphatic rings. The van der Waals surface area contributed by atoms with Crippen molar-refractivity contribution in [3.05, 3.63) is 28.8 Å². The second kappa shape index (κ2) is 12.2. The first-order valence-electron chi connectivity index (χ1n) is 16.5. The number of aromatic hydroxyl groups is 1. The Hall–Kier alpha value is -3.20. The van der Waals surface area contributed by atoms with Crippen molar-refractivity contribution in [2.75, 3.05) is 27.9 Å². The number of Topliss-reactive ketones (excluding diaryl/α,β-unsaturated/α-hetero) is 1. The molecule has 1 aliphatic carbocycles. The molecule has 7 rings (SSSR count). The van der Waals surface area contributed by atoms with Crippen molar-refractivity contribution in [3.63, 3.8) is 0 Å². The Kier molecular flexibility index (Phi) is 8.63. The van der Waals surface area contributed by atoms with Crippen molar-refractivity contribution >= 4 is 22.5 Å². The molecule has 2 aromatic carbocycles. The molecular formula is C34H42O17. The number of aliphatic hydroxyl groups excluding tert-OH is 2. The quantitative estimate of drug-likeness (QED) is 0.159. The van der Waals surface area contributed by atoms with E-state index in [1.54, 1.807) is 19.1 Å². The van der Waals surface area contributed by atoms with Gasteiger partial charge in [0, 0.05) is 56.9 Å². The minimum Gasteiger partial charge on any atom is -0.506 e. The Bertz CT molecular complexity index is 1760. The smallest absolute Gasteiger partial charge is 0.303 e. The Balaban J connectivity index is 1.36. The summed E-state index contributed by atoms with van der Waals surface area (Å²) in [6.45, 7) is 3.28. The maximum atomic E-state index is 13.7. The molecule has 3 fully saturated rings. The molecule has 0 amide bonds. The highest BCUT2D eigenvalue weighted by molar-refractivity contribution is 6.13. The van der Waals surface area contributed by atoms with Crippen LogP contribution in [-0.4, -0.2) is 130 Å². The molecule has 7 unspecified atom stereocenters. The fraction of sp³-hybridized carbons (Fsp3) is 0.647. The van der Waals surface area contributed by atoms with E-state index in [4.69, 9.17) is 42.6 Å². The number of benzene rings is 2. The molecule has 0 saturated carbocycles. The second-order valence-electron chi connectivity index (χ2n) is 14.0. The van der Waals surface area contributed by atoms with Gasteiger partial charge in [-0.2, -0.15) is 0 Å². The lowest BCUT2D eigenvalue weighted by molar-refractivity contribution is -0.401. The van der Waals surface area contributed by atoms with Crippen LogP contribution in [0.25, 0.3) is 10.8 Å². The standard InChI is InChI=1S/C34H42O17/c1-13-28(47-14(2)36)31(3,40)10-19(46-13)48-18-9-17(37)23(38)22-21(18)25(43-4)15-7-8-16-26(20(15)24(22)39)50-34(42)29-27(16)49-33(51-29,30(44-5)45-6)11-32(34,41)12-35/h7-8,13,17-19,27-30,35,37,39-42H,9-12H2,1-6H3/t13-,17?,18?,19-,27?,28+,29?,31+,32?,33?,34?/m0/s1. The number of methoxy groups -OCH3 is 3. The van der Waals surface area contributed by atoms with Gasteiger partial charge in [0.05, 0.1) is 36.9 Å². The average molecular weight is 723 g/mol. The summed E-state index contributed by atoms with van der Waals surface area (Å²) in [6.07, 6.45) is -10.4. The van der Waals surface area contributed by atoms with Crippen LogP contribution >= 0.6 is 0 Å². The summed E-state index contributed by atoms with van der Waals surface area (Å²) in [5.41, 5.74) is -4.01. The number of fused-ring (bicyclic) bond motifs is 6. The number of hydrogen-bond acceptors (Lipinski definition) is 17. The third-order valence-electron chi connectivity index (χ3n) is 10.7. The van der Waals surface area contributed by atoms with Crippen molar-refractivity contribution < 1.29 is 82.9 Å². The lowest BCUT2D eigenvalue weighted by atomic mass is 9.77. The minimum absolute atomic E-state index is 0.0533. The van der Waals surface area contributed by atoms with Gasteiger partial charge in [0.1, 0.15) is 35.1 Å². The molecule has 2 bridgehead atoms. The summed E-state index contributed by atoms with van der Waals surface area (Å²) >= 11 is 0. The maximum Gasteiger partial charge on any atom is 0.303 e. The summed E-state index contributed by atoms with van der Waals surface area (Å²) < 4.78 is 52.8. The molecule has 0 radical (unpaired) electrons. The third kappa shape index (κ3) is 5.09. The molecule has 17 nitrogen and oxygen atoms in total. The average Bonchev–Trinajstić information content (AvgIpc) is 3.43. The van der Waals surface area contributed by atoms with E-state index in [0.717, 1.165) is 0 Å². The van der Waals surface area contributed by atoms with Gasteiger partial charge in [-0.15, -0.1) is 0 Å². The van der Waals surface area contributed by atoms with Crippen LogP contribution in [-0.2, 0) is 38.0 Å². The molecule has 11 atom stereocenters. The molecule has 4 aliphatic heterocycles. The van der Waals surface area contributed by atoms with Crippen LogP contribution in [0.5, 0.6) is 17.2 Å². The summed E-state index contributed by atoms with van der Waals surface area (Å²) in [5.74, 6) is -6.73. The van der Waals surface area contributed by atoms with Crippen molar-refractivity contribution in [3.8, 4) is 17.2 Å². The number of carbonyl (C=O) groups excluding carboxylic acids is 2. The predicted octanol–water partition coefficient (Wildman–Crippen LogP) is 0.356. The summed E-state index contributed by atoms with van der Waals surface area (Å²) in [6, 6.07) is 3.15. The molecule has 3 saturated heterocycles. The fourth-order valence-electron chi connectivity index (χ4n) is 8.45. The summed E-state index contributed by atoms with van der Waals surface area (Å²) in [4.78, 5) is 25.4. The fourth-order valence-corrected chi connectivity index (χ4v) is 8.45. The van der Waals surface area contributed by atoms with Gasteiger partial charge in [-0.05, 0) is 19.9 Å². The third-order valence-corrected chi connectivity index (χ3v) is 10.7. The van der Waals surface area contributed by atoms with Gasteiger partial charge in [-0.1, -0.05) is 6.07 Å². The highest BCUT2D eigenvalue weighted by Gasteiger charge is 2.76. The Morgan fingerprint density at radius 1 is 1.12 bits per heavy atom. The van der Waals surface area contributed by atoms with Crippen LogP contribution in [0.1, 0.15) is 73.7 Å². The van der Waals surface area contributed by atoms with Gasteiger partial charge in [0.15, 0.2) is 29.9 Å². The number of phenols is 1. The first-order chi connectivity index (χ1) is 24.0. The molecular weight excluding hydrogens is 680 g/mol. The van der Waals surface area contributed by atoms with Crippen LogP contribution < -0.4 is 9.47 Å². The van der Waals surface area contributed by atoms with Crippen molar-refractivity contribution in [2.45, 2.75) is 112 Å². The van der Waals surface area contributed by atoms with E-state index in [2.05, 4.69) is 0 Å². The topological polar surface area (TPSA) is 239 Å². The van der Waals surface area contributed by atoms with Crippen molar-refractivity contribution in [1.29, 1.82) is 0 Å². The normalized spacial score (nSPS) is 39.8. The number of hydrogen-bond donors (Lipinski definition) is 6. The molecule has 17 heteroatoms. The zero-order valence-corrected chi connectivity index (χ0v) is 28.8. The number of phenolic OH excluding ortho intramolecular Hbond substituents is 1. The van der Waals surface area contributed by atoms with Gasteiger partial charge in [-0.25, -0.2) is 0 Å². The molecule has 0 spiro atoms. The SMILES string of the molecule is COc1c2c(c(O)c3c4c(ccc13)C1OC3(C(OC)OC)CC(O)(CO)C(O)(O4)C1O3)C(=O)C(O)CC2O[C@H]1C[C@@](C)(O)[C@H](OC(C)=O)[C@H](C)O1. The van der Waals surface area contributed by atoms with E-state index in [1.165, 1.54) is 35.2 Å². The molecule has 2 aromatic rings. The first-order valence-corrected chi connectivity index (χ1v) is 16.5. The maximum absolute atomic E-state index is 13.7. The number of esters is 1. The van der Waals surface area contributed by atoms with Crippen LogP contribution in [0, 0.1) is 0 Å². The first kappa shape index (κ1) is 36.2. The number of ketones is 1. The zero-order valence-electron chi connectivity index (χ0n) is 28.8. The van der Waals surface area contributed by atoms with Crippen LogP contribution in [0.4, 0.5) is 0 Å². The van der Waals surface area contributed by atoms with E-state index in [9.17, 15) is 40.2 Å². The van der Waals surface area contributed by atoms with E-state index in [1.807, 2.05) is 0 Å². The van der Waals surface area contributed by atoms with Crippen molar-refractivity contribution in [2.24, 2.45) is 0 Å². The van der Waals surface area contributed by atoms with Crippen molar-refractivity contribution in [1.82, 2.24) is 0 Å². The molecule has 0 aromatic heterocycles. The van der Waals surface area contributed by atoms with E-state index >= 15 is 0 Å². The van der Waals surface area contributed by atoms with Gasteiger partial charge >= 0.3 is 5.97 Å². The Morgan fingerprint density at radius 2 is 1.82 bits per heavy atom. The Morgan fingerprint density at radius 3 is 2.43 bits per heavy atom. The lowest BCUT2D eigenvalue weighted by Gasteiger charge is -2.52.